The lowest BCUT2D eigenvalue weighted by molar-refractivity contribution is 0.416. The van der Waals surface area contributed by atoms with Gasteiger partial charge in [-0.3, -0.25) is 4.68 Å². The zero-order valence-electron chi connectivity index (χ0n) is 12.8. The molecule has 0 aliphatic rings. The van der Waals surface area contributed by atoms with E-state index in [0.717, 1.165) is 31.1 Å². The van der Waals surface area contributed by atoms with Crippen molar-refractivity contribution in [1.82, 2.24) is 15.1 Å². The summed E-state index contributed by atoms with van der Waals surface area (Å²) < 4.78 is 3.16. The van der Waals surface area contributed by atoms with Crippen molar-refractivity contribution in [3.8, 4) is 0 Å². The van der Waals surface area contributed by atoms with Crippen molar-refractivity contribution in [2.75, 3.05) is 6.54 Å². The number of hydrogen-bond acceptors (Lipinski definition) is 2. The molecule has 1 unspecified atom stereocenters. The molecule has 19 heavy (non-hydrogen) atoms. The van der Waals surface area contributed by atoms with E-state index < -0.39 is 0 Å². The van der Waals surface area contributed by atoms with Crippen LogP contribution < -0.4 is 5.32 Å². The lowest BCUT2D eigenvalue weighted by atomic mass is 9.99. The van der Waals surface area contributed by atoms with Crippen LogP contribution in [0.3, 0.4) is 0 Å². The van der Waals surface area contributed by atoms with E-state index in [-0.39, 0.29) is 0 Å². The minimum absolute atomic E-state index is 0.803. The van der Waals surface area contributed by atoms with Gasteiger partial charge in [0.05, 0.1) is 15.9 Å². The molecule has 3 nitrogen and oxygen atoms in total. The predicted molar refractivity (Wildman–Crippen MR) is 85.3 cm³/mol. The Morgan fingerprint density at radius 3 is 2.58 bits per heavy atom. The third-order valence-electron chi connectivity index (χ3n) is 3.77. The van der Waals surface area contributed by atoms with E-state index in [1.807, 2.05) is 11.7 Å². The Morgan fingerprint density at radius 1 is 1.32 bits per heavy atom. The summed E-state index contributed by atoms with van der Waals surface area (Å²) in [5.41, 5.74) is 2.40. The van der Waals surface area contributed by atoms with Gasteiger partial charge in [0.1, 0.15) is 0 Å². The smallest absolute Gasteiger partial charge is 0.0767 e. The van der Waals surface area contributed by atoms with E-state index in [1.54, 1.807) is 0 Å². The maximum Gasteiger partial charge on any atom is 0.0767 e. The van der Waals surface area contributed by atoms with Crippen molar-refractivity contribution < 1.29 is 0 Å². The van der Waals surface area contributed by atoms with Gasteiger partial charge in [0, 0.05) is 13.6 Å². The summed E-state index contributed by atoms with van der Waals surface area (Å²) in [5.74, 6) is 0.803. The summed E-state index contributed by atoms with van der Waals surface area (Å²) in [6, 6.07) is 0. The van der Waals surface area contributed by atoms with Crippen molar-refractivity contribution in [1.29, 1.82) is 0 Å². The van der Waals surface area contributed by atoms with Gasteiger partial charge in [0.15, 0.2) is 0 Å². The van der Waals surface area contributed by atoms with E-state index >= 15 is 0 Å². The van der Waals surface area contributed by atoms with Crippen molar-refractivity contribution in [3.63, 3.8) is 0 Å². The van der Waals surface area contributed by atoms with Crippen molar-refractivity contribution in [3.05, 3.63) is 15.9 Å². The molecule has 0 saturated heterocycles. The molecule has 0 amide bonds. The minimum Gasteiger partial charge on any atom is -0.311 e. The SMILES string of the molecule is CCCCC(CC)CNCc1c(Br)c(CC)nn1C. The summed E-state index contributed by atoms with van der Waals surface area (Å²) >= 11 is 3.67. The number of hydrogen-bond donors (Lipinski definition) is 1. The summed E-state index contributed by atoms with van der Waals surface area (Å²) in [4.78, 5) is 0. The van der Waals surface area contributed by atoms with Crippen LogP contribution in [0.2, 0.25) is 0 Å². The Kier molecular flexibility index (Phi) is 7.69. The van der Waals surface area contributed by atoms with Gasteiger partial charge in [0.25, 0.3) is 0 Å². The van der Waals surface area contributed by atoms with Crippen LogP contribution in [0, 0.1) is 5.92 Å². The molecule has 0 aromatic carbocycles. The van der Waals surface area contributed by atoms with E-state index in [4.69, 9.17) is 0 Å². The summed E-state index contributed by atoms with van der Waals surface area (Å²) in [6.45, 7) is 8.70. The van der Waals surface area contributed by atoms with Crippen LogP contribution in [-0.4, -0.2) is 16.3 Å². The maximum atomic E-state index is 4.53. The molecule has 0 fully saturated rings. The molecular formula is C15H28BrN3. The molecule has 1 heterocycles. The molecule has 0 saturated carbocycles. The first-order valence-electron chi connectivity index (χ1n) is 7.54. The molecule has 0 bridgehead atoms. The minimum atomic E-state index is 0.803. The van der Waals surface area contributed by atoms with Crippen LogP contribution in [-0.2, 0) is 20.0 Å². The number of unbranched alkanes of at least 4 members (excludes halogenated alkanes) is 1. The standard InChI is InChI=1S/C15H28BrN3/c1-5-8-9-12(6-2)10-17-11-14-15(16)13(7-3)18-19(14)4/h12,17H,5-11H2,1-4H3. The third kappa shape index (κ3) is 4.92. The first kappa shape index (κ1) is 16.7. The second-order valence-electron chi connectivity index (χ2n) is 5.23. The molecule has 1 atom stereocenters. The predicted octanol–water partition coefficient (Wildman–Crippen LogP) is 4.05. The fourth-order valence-corrected chi connectivity index (χ4v) is 3.11. The molecule has 0 aliphatic heterocycles. The molecule has 0 aliphatic carbocycles. The van der Waals surface area contributed by atoms with Crippen LogP contribution in [0.4, 0.5) is 0 Å². The van der Waals surface area contributed by atoms with Gasteiger partial charge in [-0.2, -0.15) is 5.10 Å². The van der Waals surface area contributed by atoms with Crippen LogP contribution in [0.1, 0.15) is 57.8 Å². The normalized spacial score (nSPS) is 12.9. The lowest BCUT2D eigenvalue weighted by Gasteiger charge is -2.15. The highest BCUT2D eigenvalue weighted by Gasteiger charge is 2.12. The van der Waals surface area contributed by atoms with E-state index in [9.17, 15) is 0 Å². The van der Waals surface area contributed by atoms with E-state index in [2.05, 4.69) is 47.1 Å². The van der Waals surface area contributed by atoms with Gasteiger partial charge in [-0.25, -0.2) is 0 Å². The average Bonchev–Trinajstić information content (AvgIpc) is 2.69. The second kappa shape index (κ2) is 8.75. The Labute approximate surface area is 126 Å². The molecule has 1 aromatic rings. The van der Waals surface area contributed by atoms with Crippen molar-refractivity contribution in [2.45, 2.75) is 59.4 Å². The molecule has 4 heteroatoms. The number of rotatable bonds is 9. The Morgan fingerprint density at radius 2 is 2.05 bits per heavy atom. The zero-order valence-corrected chi connectivity index (χ0v) is 14.4. The molecule has 1 rings (SSSR count). The Bertz CT molecular complexity index is 374. The van der Waals surface area contributed by atoms with Crippen molar-refractivity contribution in [2.24, 2.45) is 13.0 Å². The highest BCUT2D eigenvalue weighted by Crippen LogP contribution is 2.21. The molecular weight excluding hydrogens is 302 g/mol. The number of aryl methyl sites for hydroxylation is 2. The van der Waals surface area contributed by atoms with Crippen LogP contribution in [0.25, 0.3) is 0 Å². The largest absolute Gasteiger partial charge is 0.311 e. The van der Waals surface area contributed by atoms with Gasteiger partial charge >= 0.3 is 0 Å². The fraction of sp³-hybridized carbons (Fsp3) is 0.800. The summed E-state index contributed by atoms with van der Waals surface area (Å²) in [7, 11) is 2.02. The highest BCUT2D eigenvalue weighted by atomic mass is 79.9. The van der Waals surface area contributed by atoms with Crippen LogP contribution in [0.15, 0.2) is 4.47 Å². The second-order valence-corrected chi connectivity index (χ2v) is 6.02. The quantitative estimate of drug-likeness (QED) is 0.740. The highest BCUT2D eigenvalue weighted by molar-refractivity contribution is 9.10. The van der Waals surface area contributed by atoms with Crippen LogP contribution in [0.5, 0.6) is 0 Å². The Hall–Kier alpha value is -0.350. The van der Waals surface area contributed by atoms with Gasteiger partial charge in [-0.15, -0.1) is 0 Å². The third-order valence-corrected chi connectivity index (χ3v) is 4.69. The van der Waals surface area contributed by atoms with Gasteiger partial charge in [-0.1, -0.05) is 40.0 Å². The van der Waals surface area contributed by atoms with Crippen LogP contribution >= 0.6 is 15.9 Å². The monoisotopic (exact) mass is 329 g/mol. The number of aromatic nitrogens is 2. The maximum absolute atomic E-state index is 4.53. The summed E-state index contributed by atoms with van der Waals surface area (Å²) in [5, 5.41) is 8.12. The molecule has 0 radical (unpaired) electrons. The van der Waals surface area contributed by atoms with E-state index in [1.165, 1.54) is 35.8 Å². The average molecular weight is 330 g/mol. The number of nitrogens with zero attached hydrogens (tertiary/aromatic N) is 2. The topological polar surface area (TPSA) is 29.9 Å². The van der Waals surface area contributed by atoms with Gasteiger partial charge in [-0.05, 0) is 41.2 Å². The number of nitrogens with one attached hydrogen (secondary N) is 1. The fourth-order valence-electron chi connectivity index (χ4n) is 2.35. The van der Waals surface area contributed by atoms with Crippen molar-refractivity contribution >= 4 is 15.9 Å². The first-order valence-corrected chi connectivity index (χ1v) is 8.34. The molecule has 0 spiro atoms. The molecule has 1 N–H and O–H groups in total. The molecule has 110 valence electrons. The van der Waals surface area contributed by atoms with Gasteiger partial charge < -0.3 is 5.32 Å². The molecule has 1 aromatic heterocycles. The lowest BCUT2D eigenvalue weighted by Crippen LogP contribution is -2.23. The Balaban J connectivity index is 2.46. The van der Waals surface area contributed by atoms with E-state index in [0.29, 0.717) is 0 Å². The zero-order chi connectivity index (χ0) is 14.3. The number of halogens is 1. The summed E-state index contributed by atoms with van der Waals surface area (Å²) in [6.07, 6.45) is 6.22. The van der Waals surface area contributed by atoms with Gasteiger partial charge in [0.2, 0.25) is 0 Å². The first-order chi connectivity index (χ1) is 9.13.